The number of sulfonamides is 1. The van der Waals surface area contributed by atoms with Crippen molar-refractivity contribution < 1.29 is 26.9 Å². The molecule has 0 unspecified atom stereocenters. The predicted octanol–water partition coefficient (Wildman–Crippen LogP) is 0.353. The highest BCUT2D eigenvalue weighted by atomic mass is 32.2. The molecule has 1 aliphatic rings. The molecule has 0 bridgehead atoms. The van der Waals surface area contributed by atoms with Crippen LogP contribution in [0, 0.1) is 5.82 Å². The third-order valence-corrected chi connectivity index (χ3v) is 5.56. The van der Waals surface area contributed by atoms with Crippen LogP contribution in [0.25, 0.3) is 0 Å². The van der Waals surface area contributed by atoms with Gasteiger partial charge in [-0.2, -0.15) is 0 Å². The number of furan rings is 1. The van der Waals surface area contributed by atoms with Crippen LogP contribution in [0.4, 0.5) is 4.39 Å². The fraction of sp³-hybridized carbons (Fsp3) is 0.375. The van der Waals surface area contributed by atoms with Gasteiger partial charge in [-0.15, -0.1) is 0 Å². The molecule has 0 spiro atoms. The van der Waals surface area contributed by atoms with E-state index in [0.717, 1.165) is 31.0 Å². The first kappa shape index (κ1) is 17.1. The molecule has 2 heterocycles. The molecule has 2 aromatic rings. The summed E-state index contributed by atoms with van der Waals surface area (Å²) < 4.78 is 51.2. The number of nitrogens with one attached hydrogen (secondary N) is 2. The summed E-state index contributed by atoms with van der Waals surface area (Å²) in [7, 11) is -3.70. The Morgan fingerprint density at radius 2 is 1.88 bits per heavy atom. The van der Waals surface area contributed by atoms with Gasteiger partial charge in [-0.25, -0.2) is 17.5 Å². The summed E-state index contributed by atoms with van der Waals surface area (Å²) in [6, 6.07) is 8.26. The van der Waals surface area contributed by atoms with E-state index in [1.165, 1.54) is 17.0 Å². The summed E-state index contributed by atoms with van der Waals surface area (Å²) in [5.74, 6) is 0.258. The zero-order valence-electron chi connectivity index (χ0n) is 13.1. The number of ether oxygens (including phenoxy) is 1. The van der Waals surface area contributed by atoms with Crippen LogP contribution in [-0.2, 0) is 14.8 Å². The first-order valence-electron chi connectivity index (χ1n) is 7.77. The van der Waals surface area contributed by atoms with Crippen molar-refractivity contribution in [3.05, 3.63) is 54.2 Å². The molecule has 1 aromatic carbocycles. The number of hydrogen-bond donors (Lipinski definition) is 2. The minimum atomic E-state index is -3.70. The van der Waals surface area contributed by atoms with Gasteiger partial charge < -0.3 is 14.1 Å². The van der Waals surface area contributed by atoms with Gasteiger partial charge in [-0.05, 0) is 36.4 Å². The van der Waals surface area contributed by atoms with Crippen molar-refractivity contribution in [2.45, 2.75) is 10.9 Å². The fourth-order valence-corrected chi connectivity index (χ4v) is 3.85. The third-order valence-electron chi connectivity index (χ3n) is 4.12. The van der Waals surface area contributed by atoms with E-state index in [9.17, 15) is 12.8 Å². The molecular formula is C16H20FN2O4S+. The van der Waals surface area contributed by atoms with E-state index < -0.39 is 15.8 Å². The summed E-state index contributed by atoms with van der Waals surface area (Å²) in [4.78, 5) is 1.25. The van der Waals surface area contributed by atoms with Crippen LogP contribution in [0.15, 0.2) is 52.0 Å². The Kier molecular flexibility index (Phi) is 5.30. The predicted molar refractivity (Wildman–Crippen MR) is 84.6 cm³/mol. The average molecular weight is 355 g/mol. The van der Waals surface area contributed by atoms with E-state index in [-0.39, 0.29) is 17.5 Å². The number of rotatable bonds is 6. The minimum absolute atomic E-state index is 0.0408. The van der Waals surface area contributed by atoms with Crippen LogP contribution >= 0.6 is 0 Å². The van der Waals surface area contributed by atoms with Crippen molar-refractivity contribution in [2.24, 2.45) is 0 Å². The zero-order valence-corrected chi connectivity index (χ0v) is 13.9. The molecule has 6 nitrogen and oxygen atoms in total. The molecule has 1 fully saturated rings. The van der Waals surface area contributed by atoms with Crippen molar-refractivity contribution in [2.75, 3.05) is 32.8 Å². The van der Waals surface area contributed by atoms with Gasteiger partial charge >= 0.3 is 0 Å². The van der Waals surface area contributed by atoms with Crippen molar-refractivity contribution in [3.8, 4) is 0 Å². The number of halogens is 1. The first-order valence-corrected chi connectivity index (χ1v) is 9.25. The topological polar surface area (TPSA) is 73.0 Å². The van der Waals surface area contributed by atoms with Gasteiger partial charge in [0.1, 0.15) is 18.9 Å². The van der Waals surface area contributed by atoms with Gasteiger partial charge in [0.25, 0.3) is 0 Å². The van der Waals surface area contributed by atoms with Gasteiger partial charge in [0.15, 0.2) is 11.8 Å². The van der Waals surface area contributed by atoms with E-state index in [4.69, 9.17) is 9.15 Å². The second kappa shape index (κ2) is 7.43. The first-order chi connectivity index (χ1) is 11.6. The Bertz CT molecular complexity index is 741. The number of hydrogen-bond acceptors (Lipinski definition) is 4. The molecule has 2 N–H and O–H groups in total. The Morgan fingerprint density at radius 3 is 2.50 bits per heavy atom. The summed E-state index contributed by atoms with van der Waals surface area (Å²) in [6.07, 6.45) is 1.58. The van der Waals surface area contributed by atoms with Crippen LogP contribution in [0.2, 0.25) is 0 Å². The van der Waals surface area contributed by atoms with E-state index in [1.807, 2.05) is 6.07 Å². The van der Waals surface area contributed by atoms with E-state index in [0.29, 0.717) is 13.2 Å². The Hall–Kier alpha value is -1.74. The molecule has 0 saturated carbocycles. The van der Waals surface area contributed by atoms with Gasteiger partial charge in [0, 0.05) is 0 Å². The Labute approximate surface area is 140 Å². The summed E-state index contributed by atoms with van der Waals surface area (Å²) >= 11 is 0. The van der Waals surface area contributed by atoms with Crippen LogP contribution < -0.4 is 9.62 Å². The largest absolute Gasteiger partial charge is 0.463 e. The van der Waals surface area contributed by atoms with Crippen molar-refractivity contribution in [3.63, 3.8) is 0 Å². The Morgan fingerprint density at radius 1 is 1.17 bits per heavy atom. The normalized spacial score (nSPS) is 17.7. The van der Waals surface area contributed by atoms with Gasteiger partial charge in [-0.3, -0.25) is 0 Å². The second-order valence-electron chi connectivity index (χ2n) is 5.64. The van der Waals surface area contributed by atoms with E-state index in [1.54, 1.807) is 12.3 Å². The third kappa shape index (κ3) is 4.02. The molecule has 3 rings (SSSR count). The molecule has 24 heavy (non-hydrogen) atoms. The molecule has 1 saturated heterocycles. The lowest BCUT2D eigenvalue weighted by Crippen LogP contribution is -3.15. The maximum atomic E-state index is 13.0. The minimum Gasteiger partial charge on any atom is -0.463 e. The maximum Gasteiger partial charge on any atom is 0.240 e. The van der Waals surface area contributed by atoms with Crippen LogP contribution in [0.5, 0.6) is 0 Å². The van der Waals surface area contributed by atoms with Gasteiger partial charge in [0.05, 0.1) is 30.9 Å². The highest BCUT2D eigenvalue weighted by Gasteiger charge is 2.30. The summed E-state index contributed by atoms with van der Waals surface area (Å²) in [5, 5.41) is 0. The number of morpholine rings is 1. The fourth-order valence-electron chi connectivity index (χ4n) is 2.81. The summed E-state index contributed by atoms with van der Waals surface area (Å²) in [5.41, 5.74) is 0. The maximum absolute atomic E-state index is 13.0. The molecule has 0 amide bonds. The zero-order chi connectivity index (χ0) is 17.0. The highest BCUT2D eigenvalue weighted by Crippen LogP contribution is 2.13. The van der Waals surface area contributed by atoms with Gasteiger partial charge in [-0.1, -0.05) is 0 Å². The quantitative estimate of drug-likeness (QED) is 0.785. The molecule has 0 aliphatic carbocycles. The van der Waals surface area contributed by atoms with Crippen LogP contribution in [-0.4, -0.2) is 41.3 Å². The van der Waals surface area contributed by atoms with Crippen LogP contribution in [0.1, 0.15) is 11.8 Å². The second-order valence-corrected chi connectivity index (χ2v) is 7.41. The number of quaternary nitrogens is 1. The lowest BCUT2D eigenvalue weighted by atomic mass is 10.2. The van der Waals surface area contributed by atoms with Gasteiger partial charge in [0.2, 0.25) is 10.0 Å². The van der Waals surface area contributed by atoms with E-state index >= 15 is 0 Å². The van der Waals surface area contributed by atoms with Crippen LogP contribution in [0.3, 0.4) is 0 Å². The lowest BCUT2D eigenvalue weighted by Gasteiger charge is -2.30. The average Bonchev–Trinajstić information content (AvgIpc) is 3.11. The molecule has 0 radical (unpaired) electrons. The van der Waals surface area contributed by atoms with Crippen molar-refractivity contribution in [1.82, 2.24) is 4.72 Å². The van der Waals surface area contributed by atoms with E-state index in [2.05, 4.69) is 4.72 Å². The molecule has 130 valence electrons. The smallest absolute Gasteiger partial charge is 0.240 e. The SMILES string of the molecule is O=S(=O)(NC[C@@H](c1ccco1)[NH+]1CCOCC1)c1ccc(F)cc1. The molecule has 1 aliphatic heterocycles. The standard InChI is InChI=1S/C16H19FN2O4S/c17-13-3-5-14(6-4-13)24(20,21)18-12-15(16-2-1-9-23-16)19-7-10-22-11-8-19/h1-6,9,15,18H,7-8,10-12H2/p+1/t15-/m0/s1. The molecule has 8 heteroatoms. The molecular weight excluding hydrogens is 335 g/mol. The monoisotopic (exact) mass is 355 g/mol. The molecule has 1 atom stereocenters. The molecule has 1 aromatic heterocycles. The Balaban J connectivity index is 1.74. The number of benzene rings is 1. The van der Waals surface area contributed by atoms with Crippen molar-refractivity contribution >= 4 is 10.0 Å². The van der Waals surface area contributed by atoms with Crippen molar-refractivity contribution in [1.29, 1.82) is 0 Å². The lowest BCUT2D eigenvalue weighted by molar-refractivity contribution is -0.938. The summed E-state index contributed by atoms with van der Waals surface area (Å²) in [6.45, 7) is 3.03. The highest BCUT2D eigenvalue weighted by molar-refractivity contribution is 7.89.